The minimum absolute atomic E-state index is 0.0185. The average Bonchev–Trinajstić information content (AvgIpc) is 1.89. The Hall–Kier alpha value is -0.440. The lowest BCUT2D eigenvalue weighted by Crippen LogP contribution is -2.24. The molecule has 0 aliphatic carbocycles. The molecule has 50 valence electrons. The van der Waals surface area contributed by atoms with Gasteiger partial charge in [-0.3, -0.25) is 0 Å². The molecule has 0 aromatic heterocycles. The van der Waals surface area contributed by atoms with Crippen molar-refractivity contribution in [1.82, 2.24) is 0 Å². The Morgan fingerprint density at radius 1 is 1.78 bits per heavy atom. The third-order valence-corrected chi connectivity index (χ3v) is 2.26. The summed E-state index contributed by atoms with van der Waals surface area (Å²) in [6, 6.07) is 0. The monoisotopic (exact) mass is 144 g/mol. The summed E-state index contributed by atoms with van der Waals surface area (Å²) in [7, 11) is 0. The third-order valence-electron chi connectivity index (χ3n) is 1.18. The molecule has 0 saturated heterocycles. The highest BCUT2D eigenvalue weighted by Crippen LogP contribution is 2.20. The summed E-state index contributed by atoms with van der Waals surface area (Å²) >= 11 is 1.50. The SMILES string of the molecule is CC1OC=CSC1C=O. The minimum Gasteiger partial charge on any atom is -0.496 e. The Balaban J connectivity index is 2.52. The van der Waals surface area contributed by atoms with E-state index in [1.807, 2.05) is 6.92 Å². The molecule has 0 aromatic carbocycles. The number of carbonyl (C=O) groups excluding carboxylic acids is 1. The fourth-order valence-corrected chi connectivity index (χ4v) is 1.27. The summed E-state index contributed by atoms with van der Waals surface area (Å²) in [5, 5.41) is 1.77. The zero-order valence-corrected chi connectivity index (χ0v) is 5.93. The van der Waals surface area contributed by atoms with Gasteiger partial charge in [0.05, 0.1) is 6.26 Å². The topological polar surface area (TPSA) is 26.3 Å². The van der Waals surface area contributed by atoms with E-state index in [9.17, 15) is 4.79 Å². The van der Waals surface area contributed by atoms with Gasteiger partial charge in [-0.2, -0.15) is 0 Å². The van der Waals surface area contributed by atoms with Crippen LogP contribution in [0.3, 0.4) is 0 Å². The van der Waals surface area contributed by atoms with E-state index in [1.54, 1.807) is 11.7 Å². The molecule has 1 heterocycles. The van der Waals surface area contributed by atoms with Crippen LogP contribution in [0.15, 0.2) is 11.7 Å². The van der Waals surface area contributed by atoms with Crippen LogP contribution >= 0.6 is 11.8 Å². The molecule has 2 atom stereocenters. The van der Waals surface area contributed by atoms with Crippen LogP contribution in [-0.4, -0.2) is 17.6 Å². The Labute approximate surface area is 58.3 Å². The van der Waals surface area contributed by atoms with E-state index in [0.717, 1.165) is 6.29 Å². The second kappa shape index (κ2) is 2.92. The van der Waals surface area contributed by atoms with Crippen molar-refractivity contribution in [3.8, 4) is 0 Å². The number of hydrogen-bond donors (Lipinski definition) is 0. The first-order valence-electron chi connectivity index (χ1n) is 2.76. The molecule has 0 spiro atoms. The molecular formula is C6H8O2S. The Morgan fingerprint density at radius 2 is 2.56 bits per heavy atom. The van der Waals surface area contributed by atoms with Gasteiger partial charge in [-0.1, -0.05) is 0 Å². The van der Waals surface area contributed by atoms with Gasteiger partial charge in [0.2, 0.25) is 0 Å². The number of thioether (sulfide) groups is 1. The van der Waals surface area contributed by atoms with Gasteiger partial charge in [0.25, 0.3) is 0 Å². The molecule has 0 radical (unpaired) electrons. The Morgan fingerprint density at radius 3 is 3.00 bits per heavy atom. The van der Waals surface area contributed by atoms with Crippen LogP contribution in [0.1, 0.15) is 6.92 Å². The van der Waals surface area contributed by atoms with E-state index in [0.29, 0.717) is 0 Å². The van der Waals surface area contributed by atoms with Crippen molar-refractivity contribution in [2.24, 2.45) is 0 Å². The largest absolute Gasteiger partial charge is 0.496 e. The number of rotatable bonds is 1. The number of carbonyl (C=O) groups is 1. The zero-order chi connectivity index (χ0) is 6.69. The summed E-state index contributed by atoms with van der Waals surface area (Å²) in [4.78, 5) is 10.2. The van der Waals surface area contributed by atoms with Crippen molar-refractivity contribution < 1.29 is 9.53 Å². The van der Waals surface area contributed by atoms with Gasteiger partial charge in [-0.05, 0) is 6.92 Å². The molecule has 0 N–H and O–H groups in total. The molecule has 1 rings (SSSR count). The first kappa shape index (κ1) is 6.68. The van der Waals surface area contributed by atoms with Crippen LogP contribution in [0.25, 0.3) is 0 Å². The van der Waals surface area contributed by atoms with Gasteiger partial charge in [0, 0.05) is 5.41 Å². The van der Waals surface area contributed by atoms with Crippen LogP contribution in [0.5, 0.6) is 0 Å². The predicted octanol–water partition coefficient (Wildman–Crippen LogP) is 1.18. The number of aldehydes is 1. The van der Waals surface area contributed by atoms with Crippen LogP contribution in [0.4, 0.5) is 0 Å². The second-order valence-electron chi connectivity index (χ2n) is 1.85. The summed E-state index contributed by atoms with van der Waals surface area (Å²) in [6.45, 7) is 1.88. The first-order chi connectivity index (χ1) is 4.34. The molecule has 2 unspecified atom stereocenters. The maximum absolute atomic E-state index is 10.2. The van der Waals surface area contributed by atoms with Gasteiger partial charge >= 0.3 is 0 Å². The normalized spacial score (nSPS) is 33.4. The standard InChI is InChI=1S/C6H8O2S/c1-5-6(4-7)9-3-2-8-5/h2-6H,1H3. The molecule has 0 aromatic rings. The van der Waals surface area contributed by atoms with E-state index in [-0.39, 0.29) is 11.4 Å². The summed E-state index contributed by atoms with van der Waals surface area (Å²) in [5.74, 6) is 0. The maximum Gasteiger partial charge on any atom is 0.137 e. The van der Waals surface area contributed by atoms with Crippen molar-refractivity contribution >= 4 is 18.0 Å². The van der Waals surface area contributed by atoms with Gasteiger partial charge < -0.3 is 9.53 Å². The average molecular weight is 144 g/mol. The lowest BCUT2D eigenvalue weighted by molar-refractivity contribution is -0.108. The predicted molar refractivity (Wildman–Crippen MR) is 37.1 cm³/mol. The molecule has 1 aliphatic heterocycles. The van der Waals surface area contributed by atoms with Crippen LogP contribution in [0, 0.1) is 0 Å². The number of ether oxygens (including phenoxy) is 1. The van der Waals surface area contributed by atoms with E-state index < -0.39 is 0 Å². The summed E-state index contributed by atoms with van der Waals surface area (Å²) in [6.07, 6.45) is 2.56. The fourth-order valence-electron chi connectivity index (χ4n) is 0.610. The van der Waals surface area contributed by atoms with E-state index in [2.05, 4.69) is 0 Å². The molecule has 0 saturated carbocycles. The molecule has 0 fully saturated rings. The van der Waals surface area contributed by atoms with Crippen molar-refractivity contribution in [1.29, 1.82) is 0 Å². The molecular weight excluding hydrogens is 136 g/mol. The first-order valence-corrected chi connectivity index (χ1v) is 3.70. The number of hydrogen-bond acceptors (Lipinski definition) is 3. The van der Waals surface area contributed by atoms with Gasteiger partial charge in [-0.15, -0.1) is 11.8 Å². The van der Waals surface area contributed by atoms with Crippen molar-refractivity contribution in [3.63, 3.8) is 0 Å². The van der Waals surface area contributed by atoms with Crippen molar-refractivity contribution in [2.75, 3.05) is 0 Å². The molecule has 2 nitrogen and oxygen atoms in total. The zero-order valence-electron chi connectivity index (χ0n) is 5.11. The summed E-state index contributed by atoms with van der Waals surface area (Å²) < 4.78 is 5.05. The Kier molecular flexibility index (Phi) is 2.16. The lowest BCUT2D eigenvalue weighted by Gasteiger charge is -2.19. The smallest absolute Gasteiger partial charge is 0.137 e. The quantitative estimate of drug-likeness (QED) is 0.517. The van der Waals surface area contributed by atoms with Crippen molar-refractivity contribution in [2.45, 2.75) is 18.3 Å². The maximum atomic E-state index is 10.2. The van der Waals surface area contributed by atoms with Gasteiger partial charge in [0.15, 0.2) is 0 Å². The highest BCUT2D eigenvalue weighted by molar-refractivity contribution is 8.03. The van der Waals surface area contributed by atoms with Gasteiger partial charge in [0.1, 0.15) is 17.6 Å². The molecule has 0 bridgehead atoms. The highest BCUT2D eigenvalue weighted by Gasteiger charge is 2.18. The fraction of sp³-hybridized carbons (Fsp3) is 0.500. The highest BCUT2D eigenvalue weighted by atomic mass is 32.2. The third kappa shape index (κ3) is 1.48. The van der Waals surface area contributed by atoms with Crippen LogP contribution < -0.4 is 0 Å². The molecule has 0 amide bonds. The Bertz CT molecular complexity index is 133. The van der Waals surface area contributed by atoms with E-state index in [1.165, 1.54) is 11.8 Å². The van der Waals surface area contributed by atoms with Crippen LogP contribution in [-0.2, 0) is 9.53 Å². The lowest BCUT2D eigenvalue weighted by atomic mass is 10.3. The van der Waals surface area contributed by atoms with E-state index in [4.69, 9.17) is 4.74 Å². The second-order valence-corrected chi connectivity index (χ2v) is 2.94. The summed E-state index contributed by atoms with van der Waals surface area (Å²) in [5.41, 5.74) is 0. The van der Waals surface area contributed by atoms with E-state index >= 15 is 0 Å². The molecule has 3 heteroatoms. The minimum atomic E-state index is -0.0185. The van der Waals surface area contributed by atoms with Crippen molar-refractivity contribution in [3.05, 3.63) is 11.7 Å². The van der Waals surface area contributed by atoms with Gasteiger partial charge in [-0.25, -0.2) is 0 Å². The molecule has 1 aliphatic rings. The van der Waals surface area contributed by atoms with Crippen LogP contribution in [0.2, 0.25) is 0 Å². The molecule has 9 heavy (non-hydrogen) atoms.